The lowest BCUT2D eigenvalue weighted by molar-refractivity contribution is 0.672. The Morgan fingerprint density at radius 1 is 0.610 bits per heavy atom. The minimum absolute atomic E-state index is 0.229. The van der Waals surface area contributed by atoms with Gasteiger partial charge in [-0.15, -0.1) is 0 Å². The van der Waals surface area contributed by atoms with Crippen LogP contribution in [0.25, 0.3) is 6.08 Å². The average molecular weight is 549 g/mol. The van der Waals surface area contributed by atoms with E-state index in [1.807, 2.05) is 0 Å². The van der Waals surface area contributed by atoms with Gasteiger partial charge in [0.15, 0.2) is 0 Å². The summed E-state index contributed by atoms with van der Waals surface area (Å²) in [4.78, 5) is 0. The Morgan fingerprint density at radius 2 is 1.10 bits per heavy atom. The zero-order chi connectivity index (χ0) is 28.9. The van der Waals surface area contributed by atoms with E-state index in [1.165, 1.54) is 96.1 Å². The summed E-state index contributed by atoms with van der Waals surface area (Å²) in [5.74, 6) is 0. The van der Waals surface area contributed by atoms with E-state index in [9.17, 15) is 0 Å². The van der Waals surface area contributed by atoms with Crippen LogP contribution in [0.2, 0.25) is 0 Å². The number of aryl methyl sites for hydroxylation is 4. The topological polar surface area (TPSA) is 15.6 Å². The molecular weight excluding hydrogens is 496 g/mol. The third kappa shape index (κ3) is 8.22. The summed E-state index contributed by atoms with van der Waals surface area (Å²) >= 11 is 0. The highest BCUT2D eigenvalue weighted by Gasteiger charge is 2.31. The molecule has 1 unspecified atom stereocenters. The number of allylic oxidation sites excluding steroid dienone is 1. The van der Waals surface area contributed by atoms with Gasteiger partial charge in [0, 0.05) is 6.42 Å². The molecule has 1 heterocycles. The molecule has 218 valence electrons. The average Bonchev–Trinajstić information content (AvgIpc) is 3.44. The van der Waals surface area contributed by atoms with Crippen molar-refractivity contribution in [1.82, 2.24) is 0 Å². The van der Waals surface area contributed by atoms with Crippen molar-refractivity contribution in [1.29, 1.82) is 0 Å². The molecule has 0 fully saturated rings. The fourth-order valence-corrected chi connectivity index (χ4v) is 6.17. The van der Waals surface area contributed by atoms with Crippen LogP contribution in [0.3, 0.4) is 0 Å². The highest BCUT2D eigenvalue weighted by Crippen LogP contribution is 2.39. The van der Waals surface area contributed by atoms with E-state index in [1.54, 1.807) is 0 Å². The van der Waals surface area contributed by atoms with Crippen molar-refractivity contribution in [3.05, 3.63) is 106 Å². The second-order valence-corrected chi connectivity index (χ2v) is 11.7. The van der Waals surface area contributed by atoms with E-state index >= 15 is 0 Å². The van der Waals surface area contributed by atoms with Crippen molar-refractivity contribution in [3.8, 4) is 0 Å². The second-order valence-electron chi connectivity index (χ2n) is 11.7. The van der Waals surface area contributed by atoms with Gasteiger partial charge in [-0.25, -0.2) is 0 Å². The molecular formula is C39H52N2. The summed E-state index contributed by atoms with van der Waals surface area (Å²) in [6, 6.07) is 25.0. The first-order valence-electron chi connectivity index (χ1n) is 16.5. The van der Waals surface area contributed by atoms with Crippen molar-refractivity contribution in [2.75, 3.05) is 5.01 Å². The molecule has 0 N–H and O–H groups in total. The first-order valence-corrected chi connectivity index (χ1v) is 16.5. The number of hydrogen-bond donors (Lipinski definition) is 0. The molecule has 2 heteroatoms. The molecule has 1 aliphatic heterocycles. The molecule has 0 amide bonds. The Morgan fingerprint density at radius 3 is 1.61 bits per heavy atom. The van der Waals surface area contributed by atoms with Crippen LogP contribution in [0, 0.1) is 0 Å². The second kappa shape index (κ2) is 16.3. The summed E-state index contributed by atoms with van der Waals surface area (Å²) < 4.78 is 0. The van der Waals surface area contributed by atoms with Crippen molar-refractivity contribution < 1.29 is 0 Å². The Bertz CT molecular complexity index is 1220. The maximum absolute atomic E-state index is 5.32. The lowest BCUT2D eigenvalue weighted by atomic mass is 9.87. The maximum atomic E-state index is 5.32. The van der Waals surface area contributed by atoms with Crippen LogP contribution in [-0.2, 0) is 25.7 Å². The number of nitrogens with zero attached hydrogens (tertiary/aromatic N) is 2. The molecule has 0 aromatic heterocycles. The van der Waals surface area contributed by atoms with Crippen molar-refractivity contribution in [2.24, 2.45) is 5.10 Å². The van der Waals surface area contributed by atoms with Gasteiger partial charge in [-0.2, -0.15) is 5.10 Å². The summed E-state index contributed by atoms with van der Waals surface area (Å²) in [7, 11) is 0. The molecule has 0 bridgehead atoms. The van der Waals surface area contributed by atoms with Gasteiger partial charge in [0.05, 0.1) is 17.4 Å². The molecule has 0 spiro atoms. The van der Waals surface area contributed by atoms with Crippen LogP contribution in [0.15, 0.2) is 77.9 Å². The number of hydrazone groups is 1. The van der Waals surface area contributed by atoms with Gasteiger partial charge < -0.3 is 0 Å². The van der Waals surface area contributed by atoms with Crippen LogP contribution < -0.4 is 5.01 Å². The highest BCUT2D eigenvalue weighted by molar-refractivity contribution is 6.01. The summed E-state index contributed by atoms with van der Waals surface area (Å²) in [5, 5.41) is 7.64. The van der Waals surface area contributed by atoms with E-state index < -0.39 is 0 Å². The minimum Gasteiger partial charge on any atom is -0.257 e. The standard InChI is InChI=1S/C39H52N2/c1-5-9-18-31-22-16-23-32(19-10-6-2)37(31)29-28-35-30-38(41(40-35)36-26-14-13-15-27-36)39-33(20-11-7-3)24-17-25-34(39)21-12-8-4/h13-17,22-29,38H,5-12,18-21,30H2,1-4H3. The Kier molecular flexibility index (Phi) is 12.3. The smallest absolute Gasteiger partial charge is 0.0836 e. The Labute approximate surface area is 250 Å². The molecule has 3 aromatic rings. The fourth-order valence-electron chi connectivity index (χ4n) is 6.17. The third-order valence-corrected chi connectivity index (χ3v) is 8.50. The number of unbranched alkanes of at least 4 members (excludes halogenated alkanes) is 4. The fraction of sp³-hybridized carbons (Fsp3) is 0.462. The van der Waals surface area contributed by atoms with Crippen molar-refractivity contribution in [3.63, 3.8) is 0 Å². The first kappa shape index (κ1) is 30.8. The number of rotatable bonds is 16. The van der Waals surface area contributed by atoms with E-state index in [-0.39, 0.29) is 6.04 Å². The van der Waals surface area contributed by atoms with E-state index in [0.717, 1.165) is 32.1 Å². The molecule has 0 radical (unpaired) electrons. The zero-order valence-corrected chi connectivity index (χ0v) is 26.2. The molecule has 2 nitrogen and oxygen atoms in total. The van der Waals surface area contributed by atoms with Gasteiger partial charge in [0.25, 0.3) is 0 Å². The lowest BCUT2D eigenvalue weighted by Gasteiger charge is -2.28. The number of anilines is 1. The summed E-state index contributed by atoms with van der Waals surface area (Å²) in [5.41, 5.74) is 11.3. The Balaban J connectivity index is 1.74. The van der Waals surface area contributed by atoms with Crippen LogP contribution in [0.1, 0.15) is 125 Å². The zero-order valence-electron chi connectivity index (χ0n) is 26.2. The number of hydrogen-bond acceptors (Lipinski definition) is 2. The van der Waals surface area contributed by atoms with E-state index in [2.05, 4.69) is 112 Å². The molecule has 1 aliphatic rings. The molecule has 3 aromatic carbocycles. The molecule has 0 saturated heterocycles. The minimum atomic E-state index is 0.229. The maximum Gasteiger partial charge on any atom is 0.0836 e. The summed E-state index contributed by atoms with van der Waals surface area (Å²) in [6.07, 6.45) is 20.0. The SMILES string of the molecule is CCCCc1cccc(CCCC)c1C=CC1=NN(c2ccccc2)C(c2c(CCCC)cccc2CCCC)C1. The molecule has 0 saturated carbocycles. The summed E-state index contributed by atoms with van der Waals surface area (Å²) in [6.45, 7) is 9.17. The van der Waals surface area contributed by atoms with Crippen LogP contribution in [0.5, 0.6) is 0 Å². The highest BCUT2D eigenvalue weighted by atomic mass is 15.5. The first-order chi connectivity index (χ1) is 20.2. The molecule has 0 aliphatic carbocycles. The van der Waals surface area contributed by atoms with Crippen LogP contribution in [-0.4, -0.2) is 5.71 Å². The van der Waals surface area contributed by atoms with Crippen LogP contribution in [0.4, 0.5) is 5.69 Å². The van der Waals surface area contributed by atoms with E-state index in [0.29, 0.717) is 0 Å². The Hall–Kier alpha value is -3.13. The predicted octanol–water partition coefficient (Wildman–Crippen LogP) is 11.1. The van der Waals surface area contributed by atoms with Gasteiger partial charge in [-0.3, -0.25) is 5.01 Å². The van der Waals surface area contributed by atoms with Gasteiger partial charge >= 0.3 is 0 Å². The van der Waals surface area contributed by atoms with Gasteiger partial charge in [-0.1, -0.05) is 114 Å². The van der Waals surface area contributed by atoms with Gasteiger partial charge in [-0.05, 0) is 103 Å². The number of benzene rings is 3. The monoisotopic (exact) mass is 548 g/mol. The predicted molar refractivity (Wildman–Crippen MR) is 180 cm³/mol. The number of para-hydroxylation sites is 1. The van der Waals surface area contributed by atoms with Gasteiger partial charge in [0.1, 0.15) is 0 Å². The quantitative estimate of drug-likeness (QED) is 0.174. The normalized spacial score (nSPS) is 15.2. The largest absolute Gasteiger partial charge is 0.257 e. The van der Waals surface area contributed by atoms with E-state index in [4.69, 9.17) is 5.10 Å². The molecule has 4 rings (SSSR count). The van der Waals surface area contributed by atoms with Crippen molar-refractivity contribution >= 4 is 17.5 Å². The van der Waals surface area contributed by atoms with Gasteiger partial charge in [0.2, 0.25) is 0 Å². The van der Waals surface area contributed by atoms with Crippen molar-refractivity contribution in [2.45, 2.75) is 117 Å². The van der Waals surface area contributed by atoms with Crippen LogP contribution >= 0.6 is 0 Å². The lowest BCUT2D eigenvalue weighted by Crippen LogP contribution is -2.21. The molecule has 1 atom stereocenters. The molecule has 41 heavy (non-hydrogen) atoms. The third-order valence-electron chi connectivity index (χ3n) is 8.50.